The zero-order valence-corrected chi connectivity index (χ0v) is 15.3. The van der Waals surface area contributed by atoms with Crippen LogP contribution in [-0.2, 0) is 18.3 Å². The van der Waals surface area contributed by atoms with Crippen LogP contribution in [0.15, 0.2) is 48.8 Å². The molecule has 1 fully saturated rings. The molecule has 1 N–H and O–H groups in total. The number of rotatable bonds is 6. The van der Waals surface area contributed by atoms with Crippen molar-refractivity contribution in [2.75, 3.05) is 20.3 Å². The average Bonchev–Trinajstić information content (AvgIpc) is 3.30. The Hall–Kier alpha value is -2.37. The lowest BCUT2D eigenvalue weighted by atomic mass is 10.00. The van der Waals surface area contributed by atoms with Crippen LogP contribution >= 0.6 is 0 Å². The second-order valence-electron chi connectivity index (χ2n) is 6.83. The van der Waals surface area contributed by atoms with Crippen LogP contribution in [-0.4, -0.2) is 29.8 Å². The van der Waals surface area contributed by atoms with Crippen LogP contribution in [0.2, 0.25) is 0 Å². The Morgan fingerprint density at radius 3 is 2.96 bits per heavy atom. The maximum absolute atomic E-state index is 5.96. The Morgan fingerprint density at radius 1 is 1.27 bits per heavy atom. The van der Waals surface area contributed by atoms with Gasteiger partial charge >= 0.3 is 0 Å². The third-order valence-electron chi connectivity index (χ3n) is 5.25. The molecule has 0 unspecified atom stereocenters. The van der Waals surface area contributed by atoms with Gasteiger partial charge in [-0.3, -0.25) is 0 Å². The fourth-order valence-corrected chi connectivity index (χ4v) is 3.85. The summed E-state index contributed by atoms with van der Waals surface area (Å²) in [5.41, 5.74) is 1.21. The molecular weight excluding hydrogens is 326 g/mol. The lowest BCUT2D eigenvalue weighted by molar-refractivity contribution is 0.0811. The molecule has 1 saturated heterocycles. The van der Waals surface area contributed by atoms with Gasteiger partial charge in [0.25, 0.3) is 0 Å². The topological polar surface area (TPSA) is 48.3 Å². The minimum absolute atomic E-state index is 0.0666. The lowest BCUT2D eigenvalue weighted by Gasteiger charge is -2.19. The number of methoxy groups -OCH3 is 1. The van der Waals surface area contributed by atoms with Crippen LogP contribution in [0, 0.1) is 5.92 Å². The molecule has 0 bridgehead atoms. The third-order valence-corrected chi connectivity index (χ3v) is 5.25. The van der Waals surface area contributed by atoms with Crippen LogP contribution in [0.25, 0.3) is 10.8 Å². The number of nitrogens with one attached hydrogen (secondary N) is 1. The maximum Gasteiger partial charge on any atom is 0.137 e. The fraction of sp³-hybridized carbons (Fsp3) is 0.381. The van der Waals surface area contributed by atoms with Gasteiger partial charge < -0.3 is 19.4 Å². The molecule has 0 saturated carbocycles. The third kappa shape index (κ3) is 3.20. The number of fused-ring (bicyclic) bond motifs is 1. The van der Waals surface area contributed by atoms with Crippen molar-refractivity contribution in [1.82, 2.24) is 14.9 Å². The van der Waals surface area contributed by atoms with Crippen LogP contribution in [0.5, 0.6) is 5.75 Å². The highest BCUT2D eigenvalue weighted by Crippen LogP contribution is 2.33. The number of hydrogen-bond acceptors (Lipinski definition) is 4. The largest absolute Gasteiger partial charge is 0.496 e. The standard InChI is InChI=1S/C21H25N3O2/c1-24-11-10-23-21(24)20-16(9-12-26-20)13-22-14-18-17-6-4-3-5-15(17)7-8-19(18)25-2/h3-8,10-11,16,20,22H,9,12-14H2,1-2H3/t16-,20+/m0/s1. The minimum Gasteiger partial charge on any atom is -0.496 e. The number of ether oxygens (including phenoxy) is 2. The van der Waals surface area contributed by atoms with E-state index in [1.54, 1.807) is 7.11 Å². The molecule has 2 atom stereocenters. The van der Waals surface area contributed by atoms with Crippen molar-refractivity contribution < 1.29 is 9.47 Å². The van der Waals surface area contributed by atoms with Gasteiger partial charge in [-0.1, -0.05) is 30.3 Å². The smallest absolute Gasteiger partial charge is 0.137 e. The molecular formula is C21H25N3O2. The second-order valence-corrected chi connectivity index (χ2v) is 6.83. The van der Waals surface area contributed by atoms with E-state index in [0.717, 1.165) is 37.7 Å². The number of benzene rings is 2. The summed E-state index contributed by atoms with van der Waals surface area (Å²) in [6, 6.07) is 12.6. The van der Waals surface area contributed by atoms with E-state index in [9.17, 15) is 0 Å². The monoisotopic (exact) mass is 351 g/mol. The molecule has 5 nitrogen and oxygen atoms in total. The first-order valence-corrected chi connectivity index (χ1v) is 9.12. The summed E-state index contributed by atoms with van der Waals surface area (Å²) in [4.78, 5) is 4.47. The van der Waals surface area contributed by atoms with Crippen LogP contribution < -0.4 is 10.1 Å². The van der Waals surface area contributed by atoms with Gasteiger partial charge in [0.15, 0.2) is 0 Å². The summed E-state index contributed by atoms with van der Waals surface area (Å²) < 4.78 is 13.6. The van der Waals surface area contributed by atoms with Gasteiger partial charge in [0.2, 0.25) is 0 Å². The molecule has 2 aromatic carbocycles. The zero-order chi connectivity index (χ0) is 17.9. The first-order chi connectivity index (χ1) is 12.8. The highest BCUT2D eigenvalue weighted by atomic mass is 16.5. The maximum atomic E-state index is 5.96. The molecule has 5 heteroatoms. The SMILES string of the molecule is COc1ccc2ccccc2c1CNC[C@@H]1CCO[C@H]1c1nccn1C. The van der Waals surface area contributed by atoms with E-state index in [0.29, 0.717) is 5.92 Å². The van der Waals surface area contributed by atoms with E-state index in [1.165, 1.54) is 16.3 Å². The summed E-state index contributed by atoms with van der Waals surface area (Å²) in [7, 11) is 3.75. The Bertz CT molecular complexity index is 890. The molecule has 4 rings (SSSR count). The first-order valence-electron chi connectivity index (χ1n) is 9.12. The van der Waals surface area contributed by atoms with Gasteiger partial charge in [0, 0.05) is 50.6 Å². The van der Waals surface area contributed by atoms with Crippen molar-refractivity contribution >= 4 is 10.8 Å². The van der Waals surface area contributed by atoms with Crippen molar-refractivity contribution in [2.24, 2.45) is 13.0 Å². The molecule has 0 amide bonds. The number of aryl methyl sites for hydroxylation is 1. The van der Waals surface area contributed by atoms with Crippen LogP contribution in [0.4, 0.5) is 0 Å². The summed E-state index contributed by atoms with van der Waals surface area (Å²) in [6.45, 7) is 2.46. The number of imidazole rings is 1. The highest BCUT2D eigenvalue weighted by Gasteiger charge is 2.32. The van der Waals surface area contributed by atoms with Crippen molar-refractivity contribution in [3.8, 4) is 5.75 Å². The molecule has 0 spiro atoms. The molecule has 1 aliphatic heterocycles. The Labute approximate surface area is 153 Å². The van der Waals surface area contributed by atoms with E-state index in [4.69, 9.17) is 9.47 Å². The quantitative estimate of drug-likeness (QED) is 0.739. The molecule has 0 aliphatic carbocycles. The predicted octanol–water partition coefficient (Wildman–Crippen LogP) is 3.45. The highest BCUT2D eigenvalue weighted by molar-refractivity contribution is 5.87. The summed E-state index contributed by atoms with van der Waals surface area (Å²) in [5, 5.41) is 6.10. The first kappa shape index (κ1) is 17.1. The minimum atomic E-state index is 0.0666. The van der Waals surface area contributed by atoms with E-state index in [1.807, 2.05) is 19.4 Å². The molecule has 0 radical (unpaired) electrons. The Morgan fingerprint density at radius 2 is 2.15 bits per heavy atom. The molecule has 3 aromatic rings. The second kappa shape index (κ2) is 7.48. The Balaban J connectivity index is 1.48. The zero-order valence-electron chi connectivity index (χ0n) is 15.3. The van der Waals surface area contributed by atoms with Gasteiger partial charge in [0.1, 0.15) is 17.7 Å². The van der Waals surface area contributed by atoms with E-state index in [-0.39, 0.29) is 6.10 Å². The van der Waals surface area contributed by atoms with Crippen LogP contribution in [0.3, 0.4) is 0 Å². The fourth-order valence-electron chi connectivity index (χ4n) is 3.85. The van der Waals surface area contributed by atoms with Gasteiger partial charge in [-0.2, -0.15) is 0 Å². The Kier molecular flexibility index (Phi) is 4.91. The van der Waals surface area contributed by atoms with Crippen molar-refractivity contribution in [1.29, 1.82) is 0 Å². The molecule has 26 heavy (non-hydrogen) atoms. The van der Waals surface area contributed by atoms with Gasteiger partial charge in [-0.25, -0.2) is 4.98 Å². The summed E-state index contributed by atoms with van der Waals surface area (Å²) >= 11 is 0. The van der Waals surface area contributed by atoms with Crippen molar-refractivity contribution in [3.05, 3.63) is 60.2 Å². The number of nitrogens with zero attached hydrogens (tertiary/aromatic N) is 2. The van der Waals surface area contributed by atoms with Gasteiger partial charge in [-0.05, 0) is 23.3 Å². The molecule has 136 valence electrons. The molecule has 1 aromatic heterocycles. The predicted molar refractivity (Wildman–Crippen MR) is 102 cm³/mol. The van der Waals surface area contributed by atoms with Crippen molar-refractivity contribution in [2.45, 2.75) is 19.1 Å². The lowest BCUT2D eigenvalue weighted by Crippen LogP contribution is -2.26. The number of aromatic nitrogens is 2. The average molecular weight is 351 g/mol. The summed E-state index contributed by atoms with van der Waals surface area (Å²) in [5.74, 6) is 2.37. The van der Waals surface area contributed by atoms with E-state index >= 15 is 0 Å². The van der Waals surface area contributed by atoms with Gasteiger partial charge in [0.05, 0.1) is 7.11 Å². The molecule has 1 aliphatic rings. The van der Waals surface area contributed by atoms with E-state index in [2.05, 4.69) is 51.3 Å². The normalized spacial score (nSPS) is 19.9. The molecule has 2 heterocycles. The van der Waals surface area contributed by atoms with Gasteiger partial charge in [-0.15, -0.1) is 0 Å². The van der Waals surface area contributed by atoms with Crippen molar-refractivity contribution in [3.63, 3.8) is 0 Å². The summed E-state index contributed by atoms with van der Waals surface area (Å²) in [6.07, 6.45) is 4.93. The number of hydrogen-bond donors (Lipinski definition) is 1. The van der Waals surface area contributed by atoms with Crippen LogP contribution in [0.1, 0.15) is 23.9 Å². The van der Waals surface area contributed by atoms with E-state index < -0.39 is 0 Å².